The molecule has 0 amide bonds. The highest BCUT2D eigenvalue weighted by Gasteiger charge is 2.43. The summed E-state index contributed by atoms with van der Waals surface area (Å²) in [7, 11) is 0. The van der Waals surface area contributed by atoms with Gasteiger partial charge in [-0.25, -0.2) is 9.38 Å². The van der Waals surface area contributed by atoms with E-state index in [-0.39, 0.29) is 11.8 Å². The number of halogens is 2. The molecule has 0 bridgehead atoms. The first-order valence-electron chi connectivity index (χ1n) is 7.38. The van der Waals surface area contributed by atoms with Crippen molar-refractivity contribution in [3.8, 4) is 0 Å². The highest BCUT2D eigenvalue weighted by molar-refractivity contribution is 9.10. The van der Waals surface area contributed by atoms with Crippen LogP contribution in [0.1, 0.15) is 37.7 Å². The van der Waals surface area contributed by atoms with Crippen LogP contribution in [0.4, 0.5) is 10.1 Å². The molecular weight excluding hydrogens is 349 g/mol. The fraction of sp³-hybridized carbons (Fsp3) is 0.467. The number of nitrogens with two attached hydrogens (primary N) is 2. The topological polar surface area (TPSA) is 80.0 Å². The number of hydrogen-bond acceptors (Lipinski definition) is 5. The Labute approximate surface area is 137 Å². The van der Waals surface area contributed by atoms with E-state index < -0.39 is 5.66 Å². The number of benzene rings is 1. The van der Waals surface area contributed by atoms with Crippen molar-refractivity contribution in [2.24, 2.45) is 21.5 Å². The van der Waals surface area contributed by atoms with Gasteiger partial charge >= 0.3 is 0 Å². The number of aryl methyl sites for hydroxylation is 1. The molecule has 118 valence electrons. The van der Waals surface area contributed by atoms with Crippen LogP contribution in [0.25, 0.3) is 0 Å². The van der Waals surface area contributed by atoms with Crippen LogP contribution in [0.3, 0.4) is 0 Å². The maximum Gasteiger partial charge on any atom is 0.220 e. The molecule has 0 unspecified atom stereocenters. The summed E-state index contributed by atoms with van der Waals surface area (Å²) in [6, 6.07) is 3.23. The summed E-state index contributed by atoms with van der Waals surface area (Å²) in [5.41, 5.74) is 12.8. The highest BCUT2D eigenvalue weighted by atomic mass is 79.9. The van der Waals surface area contributed by atoms with Crippen molar-refractivity contribution >= 4 is 33.5 Å². The molecule has 1 aliphatic heterocycles. The lowest BCUT2D eigenvalue weighted by atomic mass is 9.87. The van der Waals surface area contributed by atoms with Crippen molar-refractivity contribution in [3.05, 3.63) is 28.0 Å². The largest absolute Gasteiger partial charge is 0.369 e. The molecule has 0 aromatic heterocycles. The Kier molecular flexibility index (Phi) is 3.84. The first kappa shape index (κ1) is 15.3. The molecule has 2 aliphatic rings. The second-order valence-electron chi connectivity index (χ2n) is 5.87. The number of hydrogen-bond donors (Lipinski definition) is 2. The maximum atomic E-state index is 13.8. The normalized spacial score (nSPS) is 20.8. The molecule has 1 aromatic rings. The molecule has 3 rings (SSSR count). The standard InChI is InChI=1S/C15H19BrFN5/c1-9-7-12(10(16)8-11(9)17)22-14(19)20-13(18)21-15(22)5-3-2-4-6-15/h7-8H,2-6H2,1H3,(H4,18,19,20,21). The summed E-state index contributed by atoms with van der Waals surface area (Å²) in [6.07, 6.45) is 4.99. The fourth-order valence-corrected chi connectivity index (χ4v) is 3.78. The predicted molar refractivity (Wildman–Crippen MR) is 90.4 cm³/mol. The second-order valence-corrected chi connectivity index (χ2v) is 6.73. The van der Waals surface area contributed by atoms with Crippen molar-refractivity contribution < 1.29 is 4.39 Å². The third-order valence-electron chi connectivity index (χ3n) is 4.32. The molecule has 5 nitrogen and oxygen atoms in total. The summed E-state index contributed by atoms with van der Waals surface area (Å²) < 4.78 is 14.4. The molecule has 4 N–H and O–H groups in total. The molecule has 0 radical (unpaired) electrons. The van der Waals surface area contributed by atoms with Crippen LogP contribution < -0.4 is 16.4 Å². The minimum absolute atomic E-state index is 0.214. The van der Waals surface area contributed by atoms with Crippen molar-refractivity contribution in [2.45, 2.75) is 44.7 Å². The molecule has 22 heavy (non-hydrogen) atoms. The van der Waals surface area contributed by atoms with E-state index >= 15 is 0 Å². The fourth-order valence-electron chi connectivity index (χ4n) is 3.28. The maximum absolute atomic E-state index is 13.8. The van der Waals surface area contributed by atoms with Crippen LogP contribution in [0.15, 0.2) is 26.6 Å². The predicted octanol–water partition coefficient (Wildman–Crippen LogP) is 3.01. The van der Waals surface area contributed by atoms with Gasteiger partial charge in [0.15, 0.2) is 0 Å². The van der Waals surface area contributed by atoms with Gasteiger partial charge < -0.3 is 11.5 Å². The highest BCUT2D eigenvalue weighted by Crippen LogP contribution is 2.42. The van der Waals surface area contributed by atoms with E-state index in [0.29, 0.717) is 16.0 Å². The third-order valence-corrected chi connectivity index (χ3v) is 4.96. The van der Waals surface area contributed by atoms with E-state index in [1.165, 1.54) is 12.5 Å². The smallest absolute Gasteiger partial charge is 0.220 e. The lowest BCUT2D eigenvalue weighted by Gasteiger charge is -2.46. The van der Waals surface area contributed by atoms with Gasteiger partial charge in [-0.15, -0.1) is 0 Å². The van der Waals surface area contributed by atoms with E-state index in [0.717, 1.165) is 31.4 Å². The van der Waals surface area contributed by atoms with Gasteiger partial charge in [0.2, 0.25) is 11.9 Å². The zero-order chi connectivity index (χ0) is 15.9. The Bertz CT molecular complexity index is 664. The monoisotopic (exact) mass is 367 g/mol. The van der Waals surface area contributed by atoms with Crippen molar-refractivity contribution in [2.75, 3.05) is 4.90 Å². The van der Waals surface area contributed by atoms with Crippen LogP contribution in [-0.2, 0) is 0 Å². The molecule has 1 aliphatic carbocycles. The molecule has 0 atom stereocenters. The Morgan fingerprint density at radius 2 is 1.91 bits per heavy atom. The Hall–Kier alpha value is -1.63. The van der Waals surface area contributed by atoms with Gasteiger partial charge in [0.25, 0.3) is 0 Å². The van der Waals surface area contributed by atoms with Crippen molar-refractivity contribution in [1.82, 2.24) is 0 Å². The van der Waals surface area contributed by atoms with E-state index in [9.17, 15) is 4.39 Å². The lowest BCUT2D eigenvalue weighted by Crippen LogP contribution is -2.58. The molecule has 1 heterocycles. The number of anilines is 1. The molecule has 7 heteroatoms. The van der Waals surface area contributed by atoms with Gasteiger partial charge in [-0.2, -0.15) is 4.99 Å². The second kappa shape index (κ2) is 5.53. The van der Waals surface area contributed by atoms with Gasteiger partial charge in [0.1, 0.15) is 11.5 Å². The van der Waals surface area contributed by atoms with Gasteiger partial charge in [0, 0.05) is 4.47 Å². The van der Waals surface area contributed by atoms with Crippen LogP contribution in [0.2, 0.25) is 0 Å². The van der Waals surface area contributed by atoms with Gasteiger partial charge in [-0.05, 0) is 66.2 Å². The Morgan fingerprint density at radius 1 is 1.23 bits per heavy atom. The summed E-state index contributed by atoms with van der Waals surface area (Å²) in [5.74, 6) is 0.260. The average molecular weight is 368 g/mol. The number of guanidine groups is 2. The van der Waals surface area contributed by atoms with E-state index in [2.05, 4.69) is 25.9 Å². The number of nitrogens with zero attached hydrogens (tertiary/aromatic N) is 3. The number of rotatable bonds is 1. The minimum Gasteiger partial charge on any atom is -0.369 e. The molecule has 1 spiro atoms. The summed E-state index contributed by atoms with van der Waals surface area (Å²) in [5, 5.41) is 0. The minimum atomic E-state index is -0.513. The van der Waals surface area contributed by atoms with Gasteiger partial charge in [-0.3, -0.25) is 4.90 Å². The van der Waals surface area contributed by atoms with E-state index in [1.807, 2.05) is 4.90 Å². The van der Waals surface area contributed by atoms with Crippen LogP contribution in [-0.4, -0.2) is 17.6 Å². The molecule has 1 aromatic carbocycles. The first-order valence-corrected chi connectivity index (χ1v) is 8.18. The molecular formula is C15H19BrFN5. The summed E-state index contributed by atoms with van der Waals surface area (Å²) in [4.78, 5) is 10.6. The van der Waals surface area contributed by atoms with Crippen molar-refractivity contribution in [1.29, 1.82) is 0 Å². The zero-order valence-corrected chi connectivity index (χ0v) is 14.0. The first-order chi connectivity index (χ1) is 10.4. The molecule has 0 saturated heterocycles. The lowest BCUT2D eigenvalue weighted by molar-refractivity contribution is 0.305. The molecule has 1 saturated carbocycles. The summed E-state index contributed by atoms with van der Waals surface area (Å²) in [6.45, 7) is 1.73. The quantitative estimate of drug-likeness (QED) is 0.800. The van der Waals surface area contributed by atoms with Crippen molar-refractivity contribution in [3.63, 3.8) is 0 Å². The van der Waals surface area contributed by atoms with Gasteiger partial charge in [0.05, 0.1) is 5.69 Å². The Morgan fingerprint density at radius 3 is 2.59 bits per heavy atom. The SMILES string of the molecule is Cc1cc(N2C(N)=NC(N)=NC23CCCCC3)c(Br)cc1F. The van der Waals surface area contributed by atoms with E-state index in [4.69, 9.17) is 11.5 Å². The van der Waals surface area contributed by atoms with E-state index in [1.54, 1.807) is 13.0 Å². The Balaban J connectivity index is 2.14. The van der Waals surface area contributed by atoms with Crippen LogP contribution in [0, 0.1) is 12.7 Å². The van der Waals surface area contributed by atoms with Crippen LogP contribution >= 0.6 is 15.9 Å². The average Bonchev–Trinajstić information content (AvgIpc) is 2.44. The molecule has 1 fully saturated rings. The van der Waals surface area contributed by atoms with Gasteiger partial charge in [-0.1, -0.05) is 6.42 Å². The summed E-state index contributed by atoms with van der Waals surface area (Å²) >= 11 is 3.44. The third kappa shape index (κ3) is 2.47. The zero-order valence-electron chi connectivity index (χ0n) is 12.4. The number of aliphatic imine (C=N–C) groups is 2. The van der Waals surface area contributed by atoms with Crippen LogP contribution in [0.5, 0.6) is 0 Å².